The fourth-order valence-corrected chi connectivity index (χ4v) is 4.11. The van der Waals surface area contributed by atoms with Crippen LogP contribution in [-0.2, 0) is 0 Å². The molecule has 0 aromatic heterocycles. The second-order valence-electron chi connectivity index (χ2n) is 6.42. The van der Waals surface area contributed by atoms with E-state index in [4.69, 9.17) is 11.6 Å². The third kappa shape index (κ3) is 1.94. The van der Waals surface area contributed by atoms with Crippen LogP contribution in [0.2, 0.25) is 0 Å². The first kappa shape index (κ1) is 12.5. The summed E-state index contributed by atoms with van der Waals surface area (Å²) in [5, 5.41) is 0.391. The molecule has 2 rings (SSSR count). The topological polar surface area (TPSA) is 0 Å². The number of hydrogen-bond donors (Lipinski definition) is 0. The molecule has 0 saturated heterocycles. The molecule has 92 valence electrons. The molecule has 4 atom stereocenters. The van der Waals surface area contributed by atoms with E-state index in [2.05, 4.69) is 33.8 Å². The predicted molar refractivity (Wildman–Crippen MR) is 71.8 cm³/mol. The molecule has 1 saturated carbocycles. The summed E-state index contributed by atoms with van der Waals surface area (Å²) in [7, 11) is 0. The van der Waals surface area contributed by atoms with Crippen molar-refractivity contribution < 1.29 is 0 Å². The number of hydrogen-bond acceptors (Lipinski definition) is 0. The molecule has 0 aromatic rings. The SMILES string of the molecule is CC(C)C1CC=C2C[C@@H](Cl)CC[C@]2(C)C1C. The molecule has 2 aliphatic rings. The van der Waals surface area contributed by atoms with Crippen LogP contribution in [0.5, 0.6) is 0 Å². The van der Waals surface area contributed by atoms with Crippen molar-refractivity contribution >= 4 is 11.6 Å². The van der Waals surface area contributed by atoms with E-state index < -0.39 is 0 Å². The quantitative estimate of drug-likeness (QED) is 0.446. The maximum Gasteiger partial charge on any atom is 0.0373 e. The van der Waals surface area contributed by atoms with Crippen LogP contribution in [0, 0.1) is 23.2 Å². The van der Waals surface area contributed by atoms with Gasteiger partial charge in [-0.25, -0.2) is 0 Å². The lowest BCUT2D eigenvalue weighted by atomic mass is 9.56. The van der Waals surface area contributed by atoms with Crippen LogP contribution in [-0.4, -0.2) is 5.38 Å². The summed E-state index contributed by atoms with van der Waals surface area (Å²) in [6.45, 7) is 9.68. The van der Waals surface area contributed by atoms with Crippen molar-refractivity contribution in [1.82, 2.24) is 0 Å². The minimum atomic E-state index is 0.391. The molecule has 2 unspecified atom stereocenters. The highest BCUT2D eigenvalue weighted by atomic mass is 35.5. The molecule has 0 aromatic carbocycles. The minimum Gasteiger partial charge on any atom is -0.123 e. The van der Waals surface area contributed by atoms with Gasteiger partial charge in [0.05, 0.1) is 0 Å². The fourth-order valence-electron chi connectivity index (χ4n) is 3.83. The van der Waals surface area contributed by atoms with Crippen molar-refractivity contribution in [2.45, 2.75) is 58.8 Å². The van der Waals surface area contributed by atoms with Crippen molar-refractivity contribution in [2.75, 3.05) is 0 Å². The van der Waals surface area contributed by atoms with Gasteiger partial charge in [0.1, 0.15) is 0 Å². The Morgan fingerprint density at radius 1 is 1.44 bits per heavy atom. The highest BCUT2D eigenvalue weighted by molar-refractivity contribution is 6.20. The average Bonchev–Trinajstić information content (AvgIpc) is 2.21. The zero-order chi connectivity index (χ0) is 11.9. The van der Waals surface area contributed by atoms with Crippen LogP contribution >= 0.6 is 11.6 Å². The Kier molecular flexibility index (Phi) is 3.41. The highest BCUT2D eigenvalue weighted by Gasteiger charge is 2.44. The van der Waals surface area contributed by atoms with E-state index in [1.807, 2.05) is 0 Å². The number of halogens is 1. The van der Waals surface area contributed by atoms with Gasteiger partial charge in [0, 0.05) is 5.38 Å². The van der Waals surface area contributed by atoms with Gasteiger partial charge in [-0.3, -0.25) is 0 Å². The molecule has 0 heterocycles. The van der Waals surface area contributed by atoms with Gasteiger partial charge in [-0.15, -0.1) is 11.6 Å². The van der Waals surface area contributed by atoms with Gasteiger partial charge in [0.2, 0.25) is 0 Å². The predicted octanol–water partition coefficient (Wildman–Crippen LogP) is 5.02. The molecule has 0 nitrogen and oxygen atoms in total. The first-order valence-electron chi connectivity index (χ1n) is 6.78. The van der Waals surface area contributed by atoms with Crippen molar-refractivity contribution in [3.05, 3.63) is 11.6 Å². The van der Waals surface area contributed by atoms with Gasteiger partial charge in [-0.2, -0.15) is 0 Å². The molecule has 0 spiro atoms. The van der Waals surface area contributed by atoms with Gasteiger partial charge in [-0.1, -0.05) is 39.3 Å². The first-order valence-corrected chi connectivity index (χ1v) is 7.22. The molecular formula is C15H25Cl. The molecule has 16 heavy (non-hydrogen) atoms. The van der Waals surface area contributed by atoms with Gasteiger partial charge in [-0.05, 0) is 48.9 Å². The molecule has 1 fully saturated rings. The fraction of sp³-hybridized carbons (Fsp3) is 0.867. The summed E-state index contributed by atoms with van der Waals surface area (Å²) in [5.74, 6) is 2.48. The Labute approximate surface area is 105 Å². The van der Waals surface area contributed by atoms with Crippen molar-refractivity contribution in [1.29, 1.82) is 0 Å². The number of alkyl halides is 1. The van der Waals surface area contributed by atoms with E-state index in [0.717, 1.165) is 24.2 Å². The Hall–Kier alpha value is 0.0300. The van der Waals surface area contributed by atoms with Gasteiger partial charge < -0.3 is 0 Å². The Bertz CT molecular complexity index is 292. The first-order chi connectivity index (χ1) is 7.45. The Morgan fingerprint density at radius 3 is 2.75 bits per heavy atom. The molecule has 0 radical (unpaired) electrons. The van der Waals surface area contributed by atoms with Crippen molar-refractivity contribution in [2.24, 2.45) is 23.2 Å². The van der Waals surface area contributed by atoms with E-state index in [-0.39, 0.29) is 0 Å². The molecule has 1 heteroatoms. The van der Waals surface area contributed by atoms with E-state index in [0.29, 0.717) is 10.8 Å². The van der Waals surface area contributed by atoms with E-state index >= 15 is 0 Å². The summed E-state index contributed by atoms with van der Waals surface area (Å²) in [5.41, 5.74) is 2.10. The third-order valence-electron chi connectivity index (χ3n) is 5.29. The zero-order valence-corrected chi connectivity index (χ0v) is 11.8. The maximum atomic E-state index is 6.30. The van der Waals surface area contributed by atoms with Gasteiger partial charge in [0.25, 0.3) is 0 Å². The summed E-state index contributed by atoms with van der Waals surface area (Å²) < 4.78 is 0. The summed E-state index contributed by atoms with van der Waals surface area (Å²) in [6.07, 6.45) is 7.40. The van der Waals surface area contributed by atoms with Crippen LogP contribution < -0.4 is 0 Å². The number of allylic oxidation sites excluding steroid dienone is 2. The summed E-state index contributed by atoms with van der Waals surface area (Å²) in [4.78, 5) is 0. The van der Waals surface area contributed by atoms with Crippen LogP contribution in [0.1, 0.15) is 53.4 Å². The highest BCUT2D eigenvalue weighted by Crippen LogP contribution is 2.54. The lowest BCUT2D eigenvalue weighted by molar-refractivity contribution is 0.0974. The Balaban J connectivity index is 2.26. The standard InChI is InChI=1S/C15H25Cl/c1-10(2)14-6-5-12-9-13(16)7-8-15(12,4)11(14)3/h5,10-11,13-14H,6-9H2,1-4H3/t11?,13-,14?,15+/m0/s1. The lowest BCUT2D eigenvalue weighted by Gasteiger charge is -2.50. The monoisotopic (exact) mass is 240 g/mol. The molecule has 2 aliphatic carbocycles. The van der Waals surface area contributed by atoms with E-state index in [1.54, 1.807) is 5.57 Å². The maximum absolute atomic E-state index is 6.30. The van der Waals surface area contributed by atoms with Crippen LogP contribution in [0.4, 0.5) is 0 Å². The average molecular weight is 241 g/mol. The summed E-state index contributed by atoms with van der Waals surface area (Å²) >= 11 is 6.30. The Morgan fingerprint density at radius 2 is 2.12 bits per heavy atom. The van der Waals surface area contributed by atoms with Crippen molar-refractivity contribution in [3.63, 3.8) is 0 Å². The van der Waals surface area contributed by atoms with Gasteiger partial charge >= 0.3 is 0 Å². The van der Waals surface area contributed by atoms with Crippen molar-refractivity contribution in [3.8, 4) is 0 Å². The molecule has 0 N–H and O–H groups in total. The van der Waals surface area contributed by atoms with Crippen LogP contribution in [0.3, 0.4) is 0 Å². The van der Waals surface area contributed by atoms with Gasteiger partial charge in [0.15, 0.2) is 0 Å². The molecule has 0 aliphatic heterocycles. The minimum absolute atomic E-state index is 0.391. The van der Waals surface area contributed by atoms with E-state index in [1.165, 1.54) is 19.3 Å². The number of rotatable bonds is 1. The lowest BCUT2D eigenvalue weighted by Crippen LogP contribution is -2.41. The normalized spacial score (nSPS) is 44.1. The second kappa shape index (κ2) is 4.37. The second-order valence-corrected chi connectivity index (χ2v) is 7.04. The third-order valence-corrected chi connectivity index (χ3v) is 5.66. The van der Waals surface area contributed by atoms with Crippen LogP contribution in [0.15, 0.2) is 11.6 Å². The van der Waals surface area contributed by atoms with Crippen LogP contribution in [0.25, 0.3) is 0 Å². The largest absolute Gasteiger partial charge is 0.123 e. The molecular weight excluding hydrogens is 216 g/mol. The number of fused-ring (bicyclic) bond motifs is 1. The smallest absolute Gasteiger partial charge is 0.0373 e. The van der Waals surface area contributed by atoms with E-state index in [9.17, 15) is 0 Å². The zero-order valence-electron chi connectivity index (χ0n) is 11.1. The molecule has 0 amide bonds. The molecule has 0 bridgehead atoms. The summed E-state index contributed by atoms with van der Waals surface area (Å²) in [6, 6.07) is 0.